The molecule has 1 aromatic rings. The normalized spacial score (nSPS) is 11.1. The van der Waals surface area contributed by atoms with Crippen LogP contribution in [0.1, 0.15) is 147 Å². The van der Waals surface area contributed by atoms with Crippen molar-refractivity contribution < 1.29 is 9.90 Å². The fourth-order valence-electron chi connectivity index (χ4n) is 5.03. The van der Waals surface area contributed by atoms with Crippen molar-refractivity contribution >= 4 is 6.03 Å². The quantitative estimate of drug-likeness (QED) is 0.131. The molecular formula is C32H58N2O2. The van der Waals surface area contributed by atoms with Gasteiger partial charge in [0.05, 0.1) is 0 Å². The summed E-state index contributed by atoms with van der Waals surface area (Å²) in [4.78, 5) is 13.5. The summed E-state index contributed by atoms with van der Waals surface area (Å²) in [5.41, 5.74) is 6.75. The molecule has 4 nitrogen and oxygen atoms in total. The van der Waals surface area contributed by atoms with E-state index in [0.29, 0.717) is 6.54 Å². The lowest BCUT2D eigenvalue weighted by atomic mass is 10.0. The van der Waals surface area contributed by atoms with E-state index in [0.717, 1.165) is 25.8 Å². The summed E-state index contributed by atoms with van der Waals surface area (Å²) in [7, 11) is 0. The van der Waals surface area contributed by atoms with Gasteiger partial charge in [0, 0.05) is 13.1 Å². The molecule has 2 amide bonds. The van der Waals surface area contributed by atoms with E-state index < -0.39 is 0 Å². The Kier molecular flexibility index (Phi) is 21.3. The van der Waals surface area contributed by atoms with Crippen LogP contribution in [0.4, 0.5) is 4.79 Å². The van der Waals surface area contributed by atoms with Crippen LogP contribution in [0, 0.1) is 0 Å². The highest BCUT2D eigenvalue weighted by Crippen LogP contribution is 2.15. The molecule has 0 fully saturated rings. The first kappa shape index (κ1) is 32.3. The lowest BCUT2D eigenvalue weighted by molar-refractivity contribution is 0.205. The predicted octanol–water partition coefficient (Wildman–Crippen LogP) is 9.53. The number of carbonyl (C=O) groups excluding carboxylic acids is 1. The molecule has 1 rings (SSSR count). The highest BCUT2D eigenvalue weighted by Gasteiger charge is 2.09. The first-order valence-corrected chi connectivity index (χ1v) is 15.5. The van der Waals surface area contributed by atoms with Crippen molar-refractivity contribution in [1.29, 1.82) is 0 Å². The van der Waals surface area contributed by atoms with E-state index in [9.17, 15) is 9.90 Å². The number of aryl methyl sites for hydroxylation is 1. The van der Waals surface area contributed by atoms with Crippen LogP contribution >= 0.6 is 0 Å². The minimum atomic E-state index is -0.307. The molecular weight excluding hydrogens is 444 g/mol. The number of aromatic hydroxyl groups is 1. The molecule has 0 bridgehead atoms. The lowest BCUT2D eigenvalue weighted by Crippen LogP contribution is -2.37. The Morgan fingerprint density at radius 3 is 1.36 bits per heavy atom. The van der Waals surface area contributed by atoms with Crippen molar-refractivity contribution in [3.8, 4) is 5.75 Å². The number of hydrogen-bond acceptors (Lipinski definition) is 2. The lowest BCUT2D eigenvalue weighted by Gasteiger charge is -2.20. The summed E-state index contributed by atoms with van der Waals surface area (Å²) >= 11 is 0. The van der Waals surface area contributed by atoms with E-state index in [1.165, 1.54) is 128 Å². The van der Waals surface area contributed by atoms with Gasteiger partial charge in [-0.15, -0.1) is 0 Å². The molecule has 0 saturated carbocycles. The van der Waals surface area contributed by atoms with Gasteiger partial charge in [0.15, 0.2) is 0 Å². The summed E-state index contributed by atoms with van der Waals surface area (Å²) in [5.74, 6) is 0.289. The van der Waals surface area contributed by atoms with Gasteiger partial charge in [0.25, 0.3) is 0 Å². The monoisotopic (exact) mass is 502 g/mol. The van der Waals surface area contributed by atoms with Crippen molar-refractivity contribution in [1.82, 2.24) is 4.90 Å². The van der Waals surface area contributed by atoms with Gasteiger partial charge in [-0.3, -0.25) is 0 Å². The number of nitrogens with two attached hydrogens (primary N) is 1. The minimum absolute atomic E-state index is 0.289. The first-order chi connectivity index (χ1) is 17.6. The predicted molar refractivity (Wildman–Crippen MR) is 156 cm³/mol. The van der Waals surface area contributed by atoms with Crippen LogP contribution in [0.25, 0.3) is 0 Å². The second kappa shape index (κ2) is 23.7. The molecule has 0 aromatic heterocycles. The second-order valence-electron chi connectivity index (χ2n) is 10.8. The Hall–Kier alpha value is -1.71. The zero-order valence-corrected chi connectivity index (χ0v) is 23.7. The smallest absolute Gasteiger partial charge is 0.314 e. The van der Waals surface area contributed by atoms with E-state index in [1.807, 2.05) is 12.1 Å². The third-order valence-electron chi connectivity index (χ3n) is 7.42. The van der Waals surface area contributed by atoms with Gasteiger partial charge < -0.3 is 15.7 Å². The van der Waals surface area contributed by atoms with Gasteiger partial charge in [-0.25, -0.2) is 4.79 Å². The molecule has 1 aromatic carbocycles. The third-order valence-corrected chi connectivity index (χ3v) is 7.42. The van der Waals surface area contributed by atoms with Crippen LogP contribution in [-0.4, -0.2) is 29.1 Å². The van der Waals surface area contributed by atoms with E-state index in [1.54, 1.807) is 17.0 Å². The molecule has 0 aliphatic carbocycles. The fourth-order valence-corrected chi connectivity index (χ4v) is 5.03. The maximum atomic E-state index is 11.7. The third kappa shape index (κ3) is 19.5. The maximum Gasteiger partial charge on any atom is 0.314 e. The van der Waals surface area contributed by atoms with Crippen molar-refractivity contribution in [3.05, 3.63) is 29.8 Å². The van der Waals surface area contributed by atoms with E-state index in [2.05, 4.69) is 6.92 Å². The Labute approximate surface area is 223 Å². The summed E-state index contributed by atoms with van der Waals surface area (Å²) in [6.45, 7) is 3.76. The van der Waals surface area contributed by atoms with E-state index >= 15 is 0 Å². The van der Waals surface area contributed by atoms with Gasteiger partial charge >= 0.3 is 6.03 Å². The molecule has 0 radical (unpaired) electrons. The van der Waals surface area contributed by atoms with Gasteiger partial charge in [-0.2, -0.15) is 0 Å². The number of unbranched alkanes of at least 4 members (excludes halogenated alkanes) is 19. The number of urea groups is 1. The molecule has 0 atom stereocenters. The number of carbonyl (C=O) groups is 1. The highest BCUT2D eigenvalue weighted by molar-refractivity contribution is 5.71. The average Bonchev–Trinajstić information content (AvgIpc) is 2.87. The summed E-state index contributed by atoms with van der Waals surface area (Å²) in [6.07, 6.45) is 29.3. The molecule has 36 heavy (non-hydrogen) atoms. The number of phenols is 1. The topological polar surface area (TPSA) is 66.6 Å². The Morgan fingerprint density at radius 1 is 0.611 bits per heavy atom. The number of benzene rings is 1. The highest BCUT2D eigenvalue weighted by atomic mass is 16.3. The number of primary amides is 1. The SMILES string of the molecule is CCCCCCCCCCCCCCCCCCCCCCN(CCCc1ccc(O)cc1)C(N)=O. The molecule has 0 saturated heterocycles. The zero-order chi connectivity index (χ0) is 26.1. The summed E-state index contributed by atoms with van der Waals surface area (Å²) < 4.78 is 0. The molecule has 208 valence electrons. The average molecular weight is 503 g/mol. The maximum absolute atomic E-state index is 11.7. The standard InChI is InChI=1S/C32H58N2O2/c1-2-3-4-5-6-7-8-9-10-11-12-13-14-15-16-17-18-19-20-21-28-34(32(33)36)29-22-23-30-24-26-31(35)27-25-30/h24-27,35H,2-23,28-29H2,1H3,(H2,33,36). The molecule has 0 aliphatic heterocycles. The number of nitrogens with zero attached hydrogens (tertiary/aromatic N) is 1. The number of hydrogen-bond donors (Lipinski definition) is 2. The molecule has 0 heterocycles. The molecule has 0 spiro atoms. The van der Waals surface area contributed by atoms with Crippen molar-refractivity contribution in [3.63, 3.8) is 0 Å². The summed E-state index contributed by atoms with van der Waals surface area (Å²) in [6, 6.07) is 6.98. The molecule has 0 unspecified atom stereocenters. The van der Waals surface area contributed by atoms with Gasteiger partial charge in [0.2, 0.25) is 0 Å². The van der Waals surface area contributed by atoms with Gasteiger partial charge in [-0.05, 0) is 37.0 Å². The minimum Gasteiger partial charge on any atom is -0.508 e. The van der Waals surface area contributed by atoms with Crippen LogP contribution in [0.2, 0.25) is 0 Å². The fraction of sp³-hybridized carbons (Fsp3) is 0.781. The van der Waals surface area contributed by atoms with Gasteiger partial charge in [-0.1, -0.05) is 141 Å². The van der Waals surface area contributed by atoms with E-state index in [-0.39, 0.29) is 11.8 Å². The van der Waals surface area contributed by atoms with Crippen LogP contribution in [0.15, 0.2) is 24.3 Å². The van der Waals surface area contributed by atoms with E-state index in [4.69, 9.17) is 5.73 Å². The van der Waals surface area contributed by atoms with Crippen molar-refractivity contribution in [2.75, 3.05) is 13.1 Å². The zero-order valence-electron chi connectivity index (χ0n) is 23.7. The number of phenolic OH excluding ortho intramolecular Hbond substituents is 1. The van der Waals surface area contributed by atoms with Gasteiger partial charge in [0.1, 0.15) is 5.75 Å². The summed E-state index contributed by atoms with van der Waals surface area (Å²) in [5, 5.41) is 9.36. The van der Waals surface area contributed by atoms with Crippen molar-refractivity contribution in [2.24, 2.45) is 5.73 Å². The Bertz CT molecular complexity index is 617. The number of amides is 2. The first-order valence-electron chi connectivity index (χ1n) is 15.5. The largest absolute Gasteiger partial charge is 0.508 e. The van der Waals surface area contributed by atoms with Crippen LogP contribution < -0.4 is 5.73 Å². The Morgan fingerprint density at radius 2 is 0.972 bits per heavy atom. The molecule has 4 heteroatoms. The second-order valence-corrected chi connectivity index (χ2v) is 10.8. The Balaban J connectivity index is 1.84. The number of rotatable bonds is 25. The molecule has 0 aliphatic rings. The van der Waals surface area contributed by atoms with Crippen molar-refractivity contribution in [2.45, 2.75) is 148 Å². The molecule has 3 N–H and O–H groups in total. The van der Waals surface area contributed by atoms with Crippen LogP contribution in [0.5, 0.6) is 5.75 Å². The van der Waals surface area contributed by atoms with Crippen LogP contribution in [-0.2, 0) is 6.42 Å². The van der Waals surface area contributed by atoms with Crippen LogP contribution in [0.3, 0.4) is 0 Å².